The molecule has 1 unspecified atom stereocenters. The zero-order valence-corrected chi connectivity index (χ0v) is 10.6. The van der Waals surface area contributed by atoms with Crippen LogP contribution in [0.4, 0.5) is 0 Å². The summed E-state index contributed by atoms with van der Waals surface area (Å²) in [6.07, 6.45) is 4.34. The average molecular weight is 224 g/mol. The van der Waals surface area contributed by atoms with Gasteiger partial charge in [-0.3, -0.25) is 4.79 Å². The van der Waals surface area contributed by atoms with Crippen LogP contribution < -0.4 is 5.32 Å². The largest absolute Gasteiger partial charge is 0.342 e. The molecule has 1 atom stereocenters. The van der Waals surface area contributed by atoms with Crippen molar-refractivity contribution >= 4 is 5.91 Å². The Bertz CT molecular complexity index is 257. The predicted octanol–water partition coefficient (Wildman–Crippen LogP) is 1.63. The highest BCUT2D eigenvalue weighted by atomic mass is 16.2. The van der Waals surface area contributed by atoms with Crippen molar-refractivity contribution in [2.45, 2.75) is 39.5 Å². The van der Waals surface area contributed by atoms with Crippen LogP contribution in [0.2, 0.25) is 0 Å². The lowest BCUT2D eigenvalue weighted by molar-refractivity contribution is -0.135. The van der Waals surface area contributed by atoms with Gasteiger partial charge in [0.25, 0.3) is 0 Å². The minimum Gasteiger partial charge on any atom is -0.342 e. The van der Waals surface area contributed by atoms with Crippen molar-refractivity contribution in [1.29, 1.82) is 0 Å². The van der Waals surface area contributed by atoms with Crippen LogP contribution in [0.3, 0.4) is 0 Å². The molecule has 1 N–H and O–H groups in total. The molecule has 2 heterocycles. The Balaban J connectivity index is 1.84. The van der Waals surface area contributed by atoms with E-state index in [9.17, 15) is 4.79 Å². The number of piperidine rings is 1. The number of carbonyl (C=O) groups excluding carboxylic acids is 1. The van der Waals surface area contributed by atoms with Crippen molar-refractivity contribution in [1.82, 2.24) is 10.2 Å². The first-order valence-electron chi connectivity index (χ1n) is 6.55. The average Bonchev–Trinajstić information content (AvgIpc) is 2.69. The first-order chi connectivity index (χ1) is 7.57. The number of hydrogen-bond acceptors (Lipinski definition) is 2. The lowest BCUT2D eigenvalue weighted by Gasteiger charge is -2.38. The Labute approximate surface area is 98.6 Å². The van der Waals surface area contributed by atoms with Crippen LogP contribution >= 0.6 is 0 Å². The quantitative estimate of drug-likeness (QED) is 0.773. The fraction of sp³-hybridized carbons (Fsp3) is 0.923. The van der Waals surface area contributed by atoms with Gasteiger partial charge in [0.2, 0.25) is 5.91 Å². The van der Waals surface area contributed by atoms with E-state index in [1.807, 2.05) is 0 Å². The molecule has 2 saturated heterocycles. The Kier molecular flexibility index (Phi) is 3.53. The van der Waals surface area contributed by atoms with Gasteiger partial charge in [-0.1, -0.05) is 13.8 Å². The molecule has 1 amide bonds. The summed E-state index contributed by atoms with van der Waals surface area (Å²) >= 11 is 0. The molecule has 2 aliphatic rings. The normalized spacial score (nSPS) is 29.4. The minimum atomic E-state index is 0.321. The summed E-state index contributed by atoms with van der Waals surface area (Å²) in [7, 11) is 0. The molecular formula is C13H24N2O. The lowest BCUT2D eigenvalue weighted by atomic mass is 9.84. The van der Waals surface area contributed by atoms with E-state index in [-0.39, 0.29) is 0 Å². The van der Waals surface area contributed by atoms with Crippen molar-refractivity contribution < 1.29 is 4.79 Å². The maximum Gasteiger partial charge on any atom is 0.222 e. The Morgan fingerprint density at radius 2 is 2.31 bits per heavy atom. The lowest BCUT2D eigenvalue weighted by Crippen LogP contribution is -2.44. The van der Waals surface area contributed by atoms with Gasteiger partial charge in [0.1, 0.15) is 0 Å². The van der Waals surface area contributed by atoms with E-state index in [2.05, 4.69) is 24.1 Å². The highest BCUT2D eigenvalue weighted by Crippen LogP contribution is 2.29. The second-order valence-electron chi connectivity index (χ2n) is 6.15. The van der Waals surface area contributed by atoms with Crippen LogP contribution in [0.15, 0.2) is 0 Å². The molecule has 16 heavy (non-hydrogen) atoms. The second kappa shape index (κ2) is 4.74. The smallest absolute Gasteiger partial charge is 0.222 e. The fourth-order valence-corrected chi connectivity index (χ4v) is 2.90. The predicted molar refractivity (Wildman–Crippen MR) is 65.2 cm³/mol. The molecule has 0 radical (unpaired) electrons. The number of hydrogen-bond donors (Lipinski definition) is 1. The van der Waals surface area contributed by atoms with Crippen molar-refractivity contribution in [3.8, 4) is 0 Å². The molecular weight excluding hydrogens is 200 g/mol. The monoisotopic (exact) mass is 224 g/mol. The molecule has 3 nitrogen and oxygen atoms in total. The molecule has 0 aromatic heterocycles. The number of nitrogens with one attached hydrogen (secondary N) is 1. The van der Waals surface area contributed by atoms with Gasteiger partial charge in [0.05, 0.1) is 0 Å². The van der Waals surface area contributed by atoms with Crippen molar-refractivity contribution in [2.75, 3.05) is 26.2 Å². The summed E-state index contributed by atoms with van der Waals surface area (Å²) in [5, 5.41) is 3.33. The Morgan fingerprint density at radius 1 is 1.50 bits per heavy atom. The third-order valence-electron chi connectivity index (χ3n) is 3.88. The number of amides is 1. The number of rotatable bonds is 2. The molecule has 0 bridgehead atoms. The zero-order valence-electron chi connectivity index (χ0n) is 10.6. The third kappa shape index (κ3) is 2.97. The molecule has 2 aliphatic heterocycles. The molecule has 3 heteroatoms. The summed E-state index contributed by atoms with van der Waals surface area (Å²) < 4.78 is 0. The summed E-state index contributed by atoms with van der Waals surface area (Å²) in [6, 6.07) is 0. The van der Waals surface area contributed by atoms with E-state index in [1.165, 1.54) is 19.3 Å². The zero-order chi connectivity index (χ0) is 11.6. The summed E-state index contributed by atoms with van der Waals surface area (Å²) in [5.41, 5.74) is 0.321. The Morgan fingerprint density at radius 3 is 2.94 bits per heavy atom. The molecule has 0 aliphatic carbocycles. The van der Waals surface area contributed by atoms with Gasteiger partial charge in [0, 0.05) is 19.5 Å². The second-order valence-corrected chi connectivity index (χ2v) is 6.15. The Hall–Kier alpha value is -0.570. The van der Waals surface area contributed by atoms with E-state index < -0.39 is 0 Å². The highest BCUT2D eigenvalue weighted by molar-refractivity contribution is 5.76. The van der Waals surface area contributed by atoms with Crippen molar-refractivity contribution in [3.05, 3.63) is 0 Å². The molecule has 0 aromatic rings. The van der Waals surface area contributed by atoms with Gasteiger partial charge < -0.3 is 10.2 Å². The molecule has 2 rings (SSSR count). The standard InChI is InChI=1S/C13H24N2O/c1-13(2)5-3-7-15(10-13)12(16)8-11-4-6-14-9-11/h11,14H,3-10H2,1-2H3. The summed E-state index contributed by atoms with van der Waals surface area (Å²) in [4.78, 5) is 14.2. The number of carbonyl (C=O) groups is 1. The molecule has 0 saturated carbocycles. The molecule has 0 aromatic carbocycles. The number of likely N-dealkylation sites (tertiary alicyclic amines) is 1. The third-order valence-corrected chi connectivity index (χ3v) is 3.88. The van der Waals surface area contributed by atoms with Gasteiger partial charge in [0.15, 0.2) is 0 Å². The van der Waals surface area contributed by atoms with E-state index in [0.29, 0.717) is 17.2 Å². The van der Waals surface area contributed by atoms with Crippen LogP contribution in [0, 0.1) is 11.3 Å². The molecule has 0 spiro atoms. The van der Waals surface area contributed by atoms with Gasteiger partial charge in [-0.25, -0.2) is 0 Å². The maximum atomic E-state index is 12.1. The van der Waals surface area contributed by atoms with Gasteiger partial charge in [-0.05, 0) is 43.7 Å². The van der Waals surface area contributed by atoms with Crippen LogP contribution in [-0.2, 0) is 4.79 Å². The van der Waals surface area contributed by atoms with Gasteiger partial charge in [-0.15, -0.1) is 0 Å². The van der Waals surface area contributed by atoms with Crippen LogP contribution in [0.5, 0.6) is 0 Å². The fourth-order valence-electron chi connectivity index (χ4n) is 2.90. The first-order valence-corrected chi connectivity index (χ1v) is 6.55. The highest BCUT2D eigenvalue weighted by Gasteiger charge is 2.30. The van der Waals surface area contributed by atoms with Gasteiger partial charge in [-0.2, -0.15) is 0 Å². The van der Waals surface area contributed by atoms with Gasteiger partial charge >= 0.3 is 0 Å². The number of nitrogens with zero attached hydrogens (tertiary/aromatic N) is 1. The van der Waals surface area contributed by atoms with E-state index >= 15 is 0 Å². The van der Waals surface area contributed by atoms with E-state index in [0.717, 1.165) is 32.6 Å². The molecule has 2 fully saturated rings. The van der Waals surface area contributed by atoms with E-state index in [1.54, 1.807) is 0 Å². The van der Waals surface area contributed by atoms with Crippen LogP contribution in [0.1, 0.15) is 39.5 Å². The molecule has 92 valence electrons. The summed E-state index contributed by atoms with van der Waals surface area (Å²) in [6.45, 7) is 8.58. The van der Waals surface area contributed by atoms with Crippen molar-refractivity contribution in [2.24, 2.45) is 11.3 Å². The topological polar surface area (TPSA) is 32.3 Å². The maximum absolute atomic E-state index is 12.1. The minimum absolute atomic E-state index is 0.321. The summed E-state index contributed by atoms with van der Waals surface area (Å²) in [5.74, 6) is 0.957. The van der Waals surface area contributed by atoms with E-state index in [4.69, 9.17) is 0 Å². The first kappa shape index (κ1) is 11.9. The SMILES string of the molecule is CC1(C)CCCN(C(=O)CC2CCNC2)C1. The van der Waals surface area contributed by atoms with Crippen LogP contribution in [-0.4, -0.2) is 37.0 Å². The van der Waals surface area contributed by atoms with Crippen LogP contribution in [0.25, 0.3) is 0 Å². The van der Waals surface area contributed by atoms with Crippen molar-refractivity contribution in [3.63, 3.8) is 0 Å².